The lowest BCUT2D eigenvalue weighted by Crippen LogP contribution is -2.31. The highest BCUT2D eigenvalue weighted by Crippen LogP contribution is 2.42. The minimum atomic E-state index is -0.908. The molecule has 1 heterocycles. The molecule has 0 unspecified atom stereocenters. The lowest BCUT2D eigenvalue weighted by molar-refractivity contribution is -0.139. The van der Waals surface area contributed by atoms with Crippen molar-refractivity contribution < 1.29 is 28.6 Å². The molecule has 0 radical (unpaired) electrons. The predicted octanol–water partition coefficient (Wildman–Crippen LogP) is 5.16. The van der Waals surface area contributed by atoms with Crippen LogP contribution in [0, 0.1) is 5.82 Å². The molecule has 0 aromatic heterocycles. The standard InChI is InChI=1S/C27H23ClFNO5/c1-34-21-12-7-16(15-22(21)35-2)13-14-30-24(19-5-3-4-6-20(19)28)23(26(32)27(30)33)25(31)17-8-10-18(29)11-9-17/h3-12,15,24,31H,13-14H2,1-2H3/t24-/m0/s1. The Balaban J connectivity index is 1.75. The van der Waals surface area contributed by atoms with E-state index in [1.54, 1.807) is 43.5 Å². The maximum Gasteiger partial charge on any atom is 0.295 e. The molecule has 1 aliphatic heterocycles. The number of hydrogen-bond donors (Lipinski definition) is 1. The predicted molar refractivity (Wildman–Crippen MR) is 130 cm³/mol. The minimum absolute atomic E-state index is 0.0954. The molecule has 35 heavy (non-hydrogen) atoms. The third-order valence-corrected chi connectivity index (χ3v) is 6.29. The van der Waals surface area contributed by atoms with Crippen LogP contribution in [0.4, 0.5) is 4.39 Å². The number of Topliss-reactive ketones (excluding diaryl/α,β-unsaturated/α-hetero) is 1. The van der Waals surface area contributed by atoms with E-state index in [1.165, 1.54) is 36.3 Å². The Morgan fingerprint density at radius 1 is 1.00 bits per heavy atom. The summed E-state index contributed by atoms with van der Waals surface area (Å²) in [5.41, 5.74) is 1.49. The van der Waals surface area contributed by atoms with Gasteiger partial charge in [-0.05, 0) is 60.0 Å². The topological polar surface area (TPSA) is 76.1 Å². The molecular weight excluding hydrogens is 473 g/mol. The van der Waals surface area contributed by atoms with E-state index >= 15 is 0 Å². The smallest absolute Gasteiger partial charge is 0.295 e. The second-order valence-corrected chi connectivity index (χ2v) is 8.37. The van der Waals surface area contributed by atoms with Crippen molar-refractivity contribution in [3.05, 3.63) is 99.8 Å². The van der Waals surface area contributed by atoms with Crippen LogP contribution < -0.4 is 9.47 Å². The molecule has 0 bridgehead atoms. The average molecular weight is 496 g/mol. The van der Waals surface area contributed by atoms with Gasteiger partial charge in [0, 0.05) is 17.1 Å². The summed E-state index contributed by atoms with van der Waals surface area (Å²) in [7, 11) is 3.08. The fourth-order valence-electron chi connectivity index (χ4n) is 4.18. The summed E-state index contributed by atoms with van der Waals surface area (Å²) in [6.07, 6.45) is 0.408. The molecule has 6 nitrogen and oxygen atoms in total. The number of ketones is 1. The van der Waals surface area contributed by atoms with E-state index in [0.717, 1.165) is 5.56 Å². The van der Waals surface area contributed by atoms with Crippen molar-refractivity contribution in [3.8, 4) is 11.5 Å². The largest absolute Gasteiger partial charge is 0.507 e. The zero-order valence-corrected chi connectivity index (χ0v) is 19.9. The van der Waals surface area contributed by atoms with Crippen LogP contribution in [-0.4, -0.2) is 42.5 Å². The summed E-state index contributed by atoms with van der Waals surface area (Å²) < 4.78 is 24.1. The number of carbonyl (C=O) groups excluding carboxylic acids is 2. The molecule has 4 rings (SSSR count). The second-order valence-electron chi connectivity index (χ2n) is 7.96. The first-order valence-corrected chi connectivity index (χ1v) is 11.2. The Bertz CT molecular complexity index is 1310. The van der Waals surface area contributed by atoms with Gasteiger partial charge >= 0.3 is 0 Å². The van der Waals surface area contributed by atoms with Gasteiger partial charge in [0.15, 0.2) is 11.5 Å². The Morgan fingerprint density at radius 3 is 2.34 bits per heavy atom. The molecule has 1 atom stereocenters. The van der Waals surface area contributed by atoms with Crippen LogP contribution in [0.2, 0.25) is 5.02 Å². The zero-order valence-electron chi connectivity index (χ0n) is 19.1. The third-order valence-electron chi connectivity index (χ3n) is 5.95. The van der Waals surface area contributed by atoms with Crippen LogP contribution in [0.25, 0.3) is 5.76 Å². The number of amides is 1. The Hall–Kier alpha value is -3.84. The van der Waals surface area contributed by atoms with Gasteiger partial charge in [-0.3, -0.25) is 9.59 Å². The molecule has 0 saturated carbocycles. The summed E-state index contributed by atoms with van der Waals surface area (Å²) >= 11 is 6.46. The van der Waals surface area contributed by atoms with E-state index in [4.69, 9.17) is 21.1 Å². The Labute approximate surface area is 207 Å². The molecule has 1 aliphatic rings. The van der Waals surface area contributed by atoms with Gasteiger partial charge in [-0.25, -0.2) is 4.39 Å². The average Bonchev–Trinajstić information content (AvgIpc) is 3.12. The molecule has 1 amide bonds. The quantitative estimate of drug-likeness (QED) is 0.278. The number of rotatable bonds is 7. The third kappa shape index (κ3) is 4.72. The number of ether oxygens (including phenoxy) is 2. The van der Waals surface area contributed by atoms with E-state index in [9.17, 15) is 19.1 Å². The maximum absolute atomic E-state index is 13.4. The van der Waals surface area contributed by atoms with Gasteiger partial charge in [0.25, 0.3) is 11.7 Å². The van der Waals surface area contributed by atoms with Crippen LogP contribution in [0.3, 0.4) is 0 Å². The van der Waals surface area contributed by atoms with Crippen LogP contribution in [0.15, 0.2) is 72.3 Å². The lowest BCUT2D eigenvalue weighted by atomic mass is 9.95. The van der Waals surface area contributed by atoms with Gasteiger partial charge in [0.1, 0.15) is 11.6 Å². The summed E-state index contributed by atoms with van der Waals surface area (Å²) in [5.74, 6) is -1.33. The fourth-order valence-corrected chi connectivity index (χ4v) is 4.42. The summed E-state index contributed by atoms with van der Waals surface area (Å²) in [6, 6.07) is 16.4. The highest BCUT2D eigenvalue weighted by atomic mass is 35.5. The van der Waals surface area contributed by atoms with Crippen molar-refractivity contribution in [2.75, 3.05) is 20.8 Å². The molecule has 1 N–H and O–H groups in total. The maximum atomic E-state index is 13.4. The number of nitrogens with zero attached hydrogens (tertiary/aromatic N) is 1. The van der Waals surface area contributed by atoms with Crippen molar-refractivity contribution in [2.45, 2.75) is 12.5 Å². The SMILES string of the molecule is COc1ccc(CCN2C(=O)C(=O)C(=C(O)c3ccc(F)cc3)[C@@H]2c2ccccc2Cl)cc1OC. The van der Waals surface area contributed by atoms with Gasteiger partial charge < -0.3 is 19.5 Å². The molecule has 3 aromatic rings. The van der Waals surface area contributed by atoms with Crippen LogP contribution in [0.5, 0.6) is 11.5 Å². The molecule has 0 spiro atoms. The number of halogens is 2. The van der Waals surface area contributed by atoms with Gasteiger partial charge in [-0.1, -0.05) is 35.9 Å². The first-order valence-electron chi connectivity index (χ1n) is 10.9. The van der Waals surface area contributed by atoms with Gasteiger partial charge in [-0.2, -0.15) is 0 Å². The number of carbonyl (C=O) groups is 2. The molecular formula is C27H23ClFNO5. The van der Waals surface area contributed by atoms with Crippen LogP contribution in [0.1, 0.15) is 22.7 Å². The molecule has 1 fully saturated rings. The van der Waals surface area contributed by atoms with Crippen LogP contribution in [-0.2, 0) is 16.0 Å². The van der Waals surface area contributed by atoms with Crippen molar-refractivity contribution in [1.82, 2.24) is 4.90 Å². The van der Waals surface area contributed by atoms with Gasteiger partial charge in [0.05, 0.1) is 25.8 Å². The highest BCUT2D eigenvalue weighted by Gasteiger charge is 2.46. The van der Waals surface area contributed by atoms with Crippen molar-refractivity contribution in [2.24, 2.45) is 0 Å². The van der Waals surface area contributed by atoms with E-state index < -0.39 is 23.5 Å². The monoisotopic (exact) mass is 495 g/mol. The molecule has 0 aliphatic carbocycles. The summed E-state index contributed by atoms with van der Waals surface area (Å²) in [6.45, 7) is 0.177. The number of benzene rings is 3. The van der Waals surface area contributed by atoms with Gasteiger partial charge in [0.2, 0.25) is 0 Å². The van der Waals surface area contributed by atoms with E-state index in [1.807, 2.05) is 6.07 Å². The highest BCUT2D eigenvalue weighted by molar-refractivity contribution is 6.47. The van der Waals surface area contributed by atoms with Crippen molar-refractivity contribution in [3.63, 3.8) is 0 Å². The molecule has 1 saturated heterocycles. The molecule has 180 valence electrons. The Morgan fingerprint density at radius 2 is 1.69 bits per heavy atom. The first kappa shape index (κ1) is 24.3. The van der Waals surface area contributed by atoms with Crippen molar-refractivity contribution in [1.29, 1.82) is 0 Å². The van der Waals surface area contributed by atoms with E-state index in [-0.39, 0.29) is 23.4 Å². The number of aliphatic hydroxyl groups excluding tert-OH is 1. The normalized spacial score (nSPS) is 17.0. The summed E-state index contributed by atoms with van der Waals surface area (Å²) in [4.78, 5) is 27.7. The number of hydrogen-bond acceptors (Lipinski definition) is 5. The molecule has 3 aromatic carbocycles. The zero-order chi connectivity index (χ0) is 25.1. The number of methoxy groups -OCH3 is 2. The second kappa shape index (κ2) is 10.2. The number of likely N-dealkylation sites (tertiary alicyclic amines) is 1. The Kier molecular flexibility index (Phi) is 7.07. The van der Waals surface area contributed by atoms with E-state index in [0.29, 0.717) is 28.5 Å². The number of aliphatic hydroxyl groups is 1. The van der Waals surface area contributed by atoms with Crippen molar-refractivity contribution >= 4 is 29.1 Å². The van der Waals surface area contributed by atoms with Gasteiger partial charge in [-0.15, -0.1) is 0 Å². The molecule has 8 heteroatoms. The van der Waals surface area contributed by atoms with E-state index in [2.05, 4.69) is 0 Å². The minimum Gasteiger partial charge on any atom is -0.507 e. The fraction of sp³-hybridized carbons (Fsp3) is 0.185. The lowest BCUT2D eigenvalue weighted by Gasteiger charge is -2.26. The van der Waals surface area contributed by atoms with Crippen LogP contribution >= 0.6 is 11.6 Å². The first-order chi connectivity index (χ1) is 16.8. The summed E-state index contributed by atoms with van der Waals surface area (Å²) in [5, 5.41) is 11.4.